The maximum Gasteiger partial charge on any atom is 0.391 e. The van der Waals surface area contributed by atoms with Gasteiger partial charge in [-0.25, -0.2) is 0 Å². The summed E-state index contributed by atoms with van der Waals surface area (Å²) in [6.07, 6.45) is 1.03. The molecule has 2 fully saturated rings. The van der Waals surface area contributed by atoms with E-state index in [4.69, 9.17) is 4.74 Å². The van der Waals surface area contributed by atoms with E-state index in [2.05, 4.69) is 15.6 Å². The molecule has 1 aromatic rings. The first-order chi connectivity index (χ1) is 13.0. The van der Waals surface area contributed by atoms with Crippen molar-refractivity contribution < 1.29 is 17.9 Å². The van der Waals surface area contributed by atoms with Gasteiger partial charge in [-0.15, -0.1) is 24.0 Å². The number of ether oxygens (including phenoxy) is 1. The predicted octanol–water partition coefficient (Wildman–Crippen LogP) is 5.02. The van der Waals surface area contributed by atoms with Gasteiger partial charge in [0.05, 0.1) is 12.0 Å². The van der Waals surface area contributed by atoms with Crippen LogP contribution in [-0.2, 0) is 6.54 Å². The topological polar surface area (TPSA) is 45.7 Å². The van der Waals surface area contributed by atoms with Gasteiger partial charge in [0.25, 0.3) is 0 Å². The monoisotopic (exact) mass is 511 g/mol. The highest BCUT2D eigenvalue weighted by atomic mass is 127. The minimum atomic E-state index is -4.07. The molecule has 0 amide bonds. The standard InChI is InChI=1S/C20H28F3N3O.HI/c1-24-19(26-16-11-9-15(10-12-16)20(21,22)23)25-13-14-5-2-3-8-18(14)27-17-6-4-7-17;/h2-3,5,8,15-17H,4,6-7,9-13H2,1H3,(H2,24,25,26);1H. The summed E-state index contributed by atoms with van der Waals surface area (Å²) in [5.74, 6) is 0.334. The lowest BCUT2D eigenvalue weighted by Crippen LogP contribution is -2.45. The average Bonchev–Trinajstić information content (AvgIpc) is 2.62. The fraction of sp³-hybridized carbons (Fsp3) is 0.650. The third kappa shape index (κ3) is 6.42. The van der Waals surface area contributed by atoms with Gasteiger partial charge >= 0.3 is 6.18 Å². The van der Waals surface area contributed by atoms with Gasteiger partial charge in [-0.05, 0) is 51.0 Å². The Balaban J connectivity index is 0.00000280. The molecule has 4 nitrogen and oxygen atoms in total. The van der Waals surface area contributed by atoms with Crippen molar-refractivity contribution in [1.82, 2.24) is 10.6 Å². The van der Waals surface area contributed by atoms with Crippen LogP contribution in [0, 0.1) is 5.92 Å². The van der Waals surface area contributed by atoms with Gasteiger partial charge in [-0.3, -0.25) is 4.99 Å². The minimum absolute atomic E-state index is 0. The Morgan fingerprint density at radius 2 is 1.79 bits per heavy atom. The molecule has 2 saturated carbocycles. The molecule has 0 radical (unpaired) electrons. The number of aliphatic imine (C=N–C) groups is 1. The first-order valence-corrected chi connectivity index (χ1v) is 9.74. The highest BCUT2D eigenvalue weighted by Crippen LogP contribution is 2.37. The Morgan fingerprint density at radius 1 is 1.11 bits per heavy atom. The highest BCUT2D eigenvalue weighted by molar-refractivity contribution is 14.0. The van der Waals surface area contributed by atoms with Crippen LogP contribution in [0.5, 0.6) is 5.75 Å². The van der Waals surface area contributed by atoms with Gasteiger partial charge in [0, 0.05) is 25.2 Å². The minimum Gasteiger partial charge on any atom is -0.490 e. The predicted molar refractivity (Wildman–Crippen MR) is 115 cm³/mol. The number of nitrogens with one attached hydrogen (secondary N) is 2. The summed E-state index contributed by atoms with van der Waals surface area (Å²) < 4.78 is 44.4. The van der Waals surface area contributed by atoms with Crippen LogP contribution in [-0.4, -0.2) is 31.3 Å². The number of alkyl halides is 3. The molecule has 0 atom stereocenters. The van der Waals surface area contributed by atoms with Crippen molar-refractivity contribution in [2.75, 3.05) is 7.05 Å². The van der Waals surface area contributed by atoms with E-state index in [-0.39, 0.29) is 42.9 Å². The summed E-state index contributed by atoms with van der Waals surface area (Å²) in [4.78, 5) is 4.21. The van der Waals surface area contributed by atoms with Crippen molar-refractivity contribution in [1.29, 1.82) is 0 Å². The van der Waals surface area contributed by atoms with E-state index in [1.807, 2.05) is 24.3 Å². The molecule has 0 heterocycles. The molecule has 0 bridgehead atoms. The number of benzene rings is 1. The second-order valence-corrected chi connectivity index (χ2v) is 7.44. The number of hydrogen-bond donors (Lipinski definition) is 2. The third-order valence-corrected chi connectivity index (χ3v) is 5.52. The smallest absolute Gasteiger partial charge is 0.391 e. The van der Waals surface area contributed by atoms with Crippen LogP contribution in [0.1, 0.15) is 50.5 Å². The lowest BCUT2D eigenvalue weighted by molar-refractivity contribution is -0.182. The molecule has 3 rings (SSSR count). The molecule has 2 N–H and O–H groups in total. The van der Waals surface area contributed by atoms with Gasteiger partial charge < -0.3 is 15.4 Å². The number of para-hydroxylation sites is 1. The van der Waals surface area contributed by atoms with Gasteiger partial charge in [0.2, 0.25) is 0 Å². The SMILES string of the molecule is CN=C(NCc1ccccc1OC1CCC1)NC1CCC(C(F)(F)F)CC1.I. The van der Waals surface area contributed by atoms with E-state index in [9.17, 15) is 13.2 Å². The number of nitrogens with zero attached hydrogens (tertiary/aromatic N) is 1. The molecule has 0 spiro atoms. The summed E-state index contributed by atoms with van der Waals surface area (Å²) in [7, 11) is 1.67. The van der Waals surface area contributed by atoms with Crippen molar-refractivity contribution >= 4 is 29.9 Å². The van der Waals surface area contributed by atoms with Gasteiger partial charge in [0.15, 0.2) is 5.96 Å². The van der Waals surface area contributed by atoms with Gasteiger partial charge in [0.1, 0.15) is 5.75 Å². The van der Waals surface area contributed by atoms with E-state index in [0.717, 1.165) is 24.2 Å². The largest absolute Gasteiger partial charge is 0.490 e. The summed E-state index contributed by atoms with van der Waals surface area (Å²) in [5.41, 5.74) is 1.05. The zero-order valence-electron chi connectivity index (χ0n) is 16.1. The fourth-order valence-corrected chi connectivity index (χ4v) is 3.57. The van der Waals surface area contributed by atoms with E-state index < -0.39 is 12.1 Å². The number of rotatable bonds is 5. The molecule has 2 aliphatic rings. The van der Waals surface area contributed by atoms with Crippen molar-refractivity contribution in [3.05, 3.63) is 29.8 Å². The van der Waals surface area contributed by atoms with Crippen molar-refractivity contribution in [2.45, 2.75) is 69.8 Å². The summed E-state index contributed by atoms with van der Waals surface area (Å²) in [5, 5.41) is 6.52. The van der Waals surface area contributed by atoms with Crippen molar-refractivity contribution in [2.24, 2.45) is 10.9 Å². The number of halogens is 4. The van der Waals surface area contributed by atoms with Gasteiger partial charge in [-0.2, -0.15) is 13.2 Å². The first-order valence-electron chi connectivity index (χ1n) is 9.74. The summed E-state index contributed by atoms with van der Waals surface area (Å²) in [6, 6.07) is 7.95. The Labute approximate surface area is 181 Å². The van der Waals surface area contributed by atoms with Crippen LogP contribution >= 0.6 is 24.0 Å². The zero-order valence-corrected chi connectivity index (χ0v) is 18.4. The highest BCUT2D eigenvalue weighted by Gasteiger charge is 2.41. The van der Waals surface area contributed by atoms with Crippen molar-refractivity contribution in [3.63, 3.8) is 0 Å². The maximum atomic E-state index is 12.8. The number of hydrogen-bond acceptors (Lipinski definition) is 2. The Hall–Kier alpha value is -1.19. The zero-order chi connectivity index (χ0) is 19.3. The van der Waals surface area contributed by atoms with E-state index in [0.29, 0.717) is 31.4 Å². The molecule has 28 heavy (non-hydrogen) atoms. The van der Waals surface area contributed by atoms with Crippen molar-refractivity contribution in [3.8, 4) is 5.75 Å². The second-order valence-electron chi connectivity index (χ2n) is 7.44. The normalized spacial score (nSPS) is 23.4. The lowest BCUT2D eigenvalue weighted by Gasteiger charge is -2.31. The maximum absolute atomic E-state index is 12.8. The van der Waals surface area contributed by atoms with E-state index >= 15 is 0 Å². The fourth-order valence-electron chi connectivity index (χ4n) is 3.57. The van der Waals surface area contributed by atoms with Gasteiger partial charge in [-0.1, -0.05) is 18.2 Å². The molecule has 0 aromatic heterocycles. The Bertz CT molecular complexity index is 642. The Kier molecular flexibility index (Phi) is 8.70. The van der Waals surface area contributed by atoms with E-state index in [1.165, 1.54) is 6.42 Å². The summed E-state index contributed by atoms with van der Waals surface area (Å²) in [6.45, 7) is 0.556. The van der Waals surface area contributed by atoms with Crippen LogP contribution in [0.2, 0.25) is 0 Å². The molecule has 2 aliphatic carbocycles. The molecule has 1 aromatic carbocycles. The second kappa shape index (κ2) is 10.5. The van der Waals surface area contributed by atoms with Crippen LogP contribution in [0.4, 0.5) is 13.2 Å². The molecule has 0 saturated heterocycles. The Morgan fingerprint density at radius 3 is 2.36 bits per heavy atom. The first kappa shape index (κ1) is 23.1. The van der Waals surface area contributed by atoms with E-state index in [1.54, 1.807) is 7.05 Å². The van der Waals surface area contributed by atoms with Crippen LogP contribution < -0.4 is 15.4 Å². The quantitative estimate of drug-likeness (QED) is 0.332. The number of guanidine groups is 1. The summed E-state index contributed by atoms with van der Waals surface area (Å²) >= 11 is 0. The lowest BCUT2D eigenvalue weighted by atomic mass is 9.85. The molecule has 8 heteroatoms. The molecule has 0 unspecified atom stereocenters. The van der Waals surface area contributed by atoms with Crippen LogP contribution in [0.15, 0.2) is 29.3 Å². The average molecular weight is 511 g/mol. The van der Waals surface area contributed by atoms with Crippen LogP contribution in [0.3, 0.4) is 0 Å². The third-order valence-electron chi connectivity index (χ3n) is 5.52. The molecular formula is C20H29F3IN3O. The molecule has 158 valence electrons. The van der Waals surface area contributed by atoms with Crippen LogP contribution in [0.25, 0.3) is 0 Å². The molecule has 0 aliphatic heterocycles. The molecular weight excluding hydrogens is 482 g/mol.